The Kier molecular flexibility index (Phi) is 5.12. The van der Waals surface area contributed by atoms with Gasteiger partial charge in [0.05, 0.1) is 6.54 Å². The summed E-state index contributed by atoms with van der Waals surface area (Å²) in [6.45, 7) is 2.81. The number of anilines is 1. The summed E-state index contributed by atoms with van der Waals surface area (Å²) in [5, 5.41) is 5.90. The van der Waals surface area contributed by atoms with E-state index in [4.69, 9.17) is 0 Å². The summed E-state index contributed by atoms with van der Waals surface area (Å²) in [5.74, 6) is 0.701. The van der Waals surface area contributed by atoms with Crippen LogP contribution >= 0.6 is 0 Å². The van der Waals surface area contributed by atoms with Crippen molar-refractivity contribution in [1.82, 2.24) is 10.3 Å². The van der Waals surface area contributed by atoms with E-state index in [1.54, 1.807) is 0 Å². The molecule has 104 valence electrons. The van der Waals surface area contributed by atoms with Gasteiger partial charge >= 0.3 is 0 Å². The number of carbonyl (C=O) groups excluding carboxylic acids is 1. The Morgan fingerprint density at radius 3 is 2.65 bits per heavy atom. The topological polar surface area (TPSA) is 54.0 Å². The highest BCUT2D eigenvalue weighted by Gasteiger charge is 2.01. The molecule has 2 rings (SSSR count). The summed E-state index contributed by atoms with van der Waals surface area (Å²) in [7, 11) is 0. The van der Waals surface area contributed by atoms with Crippen LogP contribution in [0.1, 0.15) is 11.3 Å². The molecule has 0 aliphatic rings. The van der Waals surface area contributed by atoms with E-state index >= 15 is 0 Å². The third-order valence-corrected chi connectivity index (χ3v) is 2.90. The molecule has 2 aromatic rings. The molecule has 0 fully saturated rings. The van der Waals surface area contributed by atoms with Gasteiger partial charge in [0, 0.05) is 12.2 Å². The molecule has 1 aromatic carbocycles. The Morgan fingerprint density at radius 2 is 1.90 bits per heavy atom. The molecule has 1 heterocycles. The number of carbonyl (C=O) groups is 1. The molecule has 0 saturated heterocycles. The summed E-state index contributed by atoms with van der Waals surface area (Å²) >= 11 is 0. The molecule has 0 unspecified atom stereocenters. The molecule has 1 aromatic heterocycles. The third-order valence-electron chi connectivity index (χ3n) is 2.90. The largest absolute Gasteiger partial charge is 0.361 e. The van der Waals surface area contributed by atoms with Gasteiger partial charge in [-0.05, 0) is 31.0 Å². The summed E-state index contributed by atoms with van der Waals surface area (Å²) in [6, 6.07) is 15.8. The molecule has 0 atom stereocenters. The summed E-state index contributed by atoms with van der Waals surface area (Å²) in [5.41, 5.74) is 2.15. The van der Waals surface area contributed by atoms with Crippen LogP contribution in [0.3, 0.4) is 0 Å². The van der Waals surface area contributed by atoms with Gasteiger partial charge in [-0.15, -0.1) is 0 Å². The maximum atomic E-state index is 11.7. The van der Waals surface area contributed by atoms with Crippen molar-refractivity contribution < 1.29 is 4.79 Å². The number of aryl methyl sites for hydroxylation is 1. The van der Waals surface area contributed by atoms with Crippen molar-refractivity contribution in [1.29, 1.82) is 0 Å². The van der Waals surface area contributed by atoms with E-state index in [1.807, 2.05) is 43.3 Å². The number of hydrogen-bond acceptors (Lipinski definition) is 3. The predicted octanol–water partition coefficient (Wildman–Crippen LogP) is 2.16. The minimum absolute atomic E-state index is 0.0239. The standard InChI is InChI=1S/C16H19N3O/c1-13-6-5-9-15(19-13)18-12-16(20)17-11-10-14-7-3-2-4-8-14/h2-9H,10-12H2,1H3,(H,17,20)(H,18,19). The predicted molar refractivity (Wildman–Crippen MR) is 80.6 cm³/mol. The molecule has 0 bridgehead atoms. The van der Waals surface area contributed by atoms with Gasteiger partial charge in [-0.25, -0.2) is 4.98 Å². The smallest absolute Gasteiger partial charge is 0.239 e. The van der Waals surface area contributed by atoms with E-state index in [9.17, 15) is 4.79 Å². The lowest BCUT2D eigenvalue weighted by Crippen LogP contribution is -2.31. The lowest BCUT2D eigenvalue weighted by atomic mass is 10.1. The number of benzene rings is 1. The first-order valence-corrected chi connectivity index (χ1v) is 6.72. The van der Waals surface area contributed by atoms with Gasteiger partial charge in [0.2, 0.25) is 5.91 Å². The molecule has 20 heavy (non-hydrogen) atoms. The van der Waals surface area contributed by atoms with Crippen LogP contribution in [-0.4, -0.2) is 24.0 Å². The van der Waals surface area contributed by atoms with E-state index in [-0.39, 0.29) is 12.5 Å². The monoisotopic (exact) mass is 269 g/mol. The maximum Gasteiger partial charge on any atom is 0.239 e. The van der Waals surface area contributed by atoms with E-state index < -0.39 is 0 Å². The molecule has 1 amide bonds. The second kappa shape index (κ2) is 7.28. The van der Waals surface area contributed by atoms with Crippen LogP contribution in [0.5, 0.6) is 0 Å². The van der Waals surface area contributed by atoms with Crippen LogP contribution in [-0.2, 0) is 11.2 Å². The molecule has 4 nitrogen and oxygen atoms in total. The fourth-order valence-electron chi connectivity index (χ4n) is 1.87. The van der Waals surface area contributed by atoms with E-state index in [2.05, 4.69) is 27.8 Å². The molecule has 0 spiro atoms. The first-order chi connectivity index (χ1) is 9.74. The van der Waals surface area contributed by atoms with Crippen molar-refractivity contribution in [3.8, 4) is 0 Å². The average molecular weight is 269 g/mol. The van der Waals surface area contributed by atoms with Gasteiger partial charge in [-0.1, -0.05) is 36.4 Å². The van der Waals surface area contributed by atoms with Crippen LogP contribution in [0.25, 0.3) is 0 Å². The minimum atomic E-state index is -0.0239. The molecular weight excluding hydrogens is 250 g/mol. The first-order valence-electron chi connectivity index (χ1n) is 6.72. The third kappa shape index (κ3) is 4.72. The van der Waals surface area contributed by atoms with Crippen LogP contribution < -0.4 is 10.6 Å². The fraction of sp³-hybridized carbons (Fsp3) is 0.250. The highest BCUT2D eigenvalue weighted by molar-refractivity contribution is 5.80. The number of rotatable bonds is 6. The summed E-state index contributed by atoms with van der Waals surface area (Å²) in [6.07, 6.45) is 0.843. The van der Waals surface area contributed by atoms with E-state index in [0.29, 0.717) is 6.54 Å². The molecule has 0 aliphatic carbocycles. The number of nitrogens with one attached hydrogen (secondary N) is 2. The molecule has 0 saturated carbocycles. The van der Waals surface area contributed by atoms with Crippen molar-refractivity contribution in [3.63, 3.8) is 0 Å². The van der Waals surface area contributed by atoms with Crippen molar-refractivity contribution in [2.24, 2.45) is 0 Å². The second-order valence-electron chi connectivity index (χ2n) is 4.60. The van der Waals surface area contributed by atoms with Crippen LogP contribution in [0.4, 0.5) is 5.82 Å². The van der Waals surface area contributed by atoms with Crippen molar-refractivity contribution in [2.75, 3.05) is 18.4 Å². The minimum Gasteiger partial charge on any atom is -0.361 e. The number of pyridine rings is 1. The Morgan fingerprint density at radius 1 is 1.10 bits per heavy atom. The number of amides is 1. The lowest BCUT2D eigenvalue weighted by molar-refractivity contribution is -0.119. The zero-order chi connectivity index (χ0) is 14.2. The normalized spacial score (nSPS) is 10.1. The van der Waals surface area contributed by atoms with Gasteiger partial charge in [-0.2, -0.15) is 0 Å². The Hall–Kier alpha value is -2.36. The van der Waals surface area contributed by atoms with Crippen LogP contribution in [0.15, 0.2) is 48.5 Å². The van der Waals surface area contributed by atoms with E-state index in [1.165, 1.54) is 5.56 Å². The molecule has 0 aliphatic heterocycles. The molecule has 2 N–H and O–H groups in total. The second-order valence-corrected chi connectivity index (χ2v) is 4.60. The highest BCUT2D eigenvalue weighted by atomic mass is 16.1. The Bertz CT molecular complexity index is 555. The van der Waals surface area contributed by atoms with Gasteiger partial charge in [0.15, 0.2) is 0 Å². The lowest BCUT2D eigenvalue weighted by Gasteiger charge is -2.07. The van der Waals surface area contributed by atoms with Gasteiger partial charge in [0.1, 0.15) is 5.82 Å². The highest BCUT2D eigenvalue weighted by Crippen LogP contribution is 2.02. The van der Waals surface area contributed by atoms with Crippen LogP contribution in [0.2, 0.25) is 0 Å². The first kappa shape index (κ1) is 14.1. The molecule has 0 radical (unpaired) electrons. The van der Waals surface area contributed by atoms with Crippen LogP contribution in [0, 0.1) is 6.92 Å². The Balaban J connectivity index is 1.68. The number of aromatic nitrogens is 1. The van der Waals surface area contributed by atoms with Crippen molar-refractivity contribution in [3.05, 3.63) is 59.8 Å². The fourth-order valence-corrected chi connectivity index (χ4v) is 1.87. The Labute approximate surface area is 119 Å². The van der Waals surface area contributed by atoms with Crippen molar-refractivity contribution in [2.45, 2.75) is 13.3 Å². The zero-order valence-electron chi connectivity index (χ0n) is 11.6. The summed E-state index contributed by atoms with van der Waals surface area (Å²) < 4.78 is 0. The van der Waals surface area contributed by atoms with Gasteiger partial charge < -0.3 is 10.6 Å². The number of hydrogen-bond donors (Lipinski definition) is 2. The molecule has 4 heteroatoms. The zero-order valence-corrected chi connectivity index (χ0v) is 11.6. The van der Waals surface area contributed by atoms with Gasteiger partial charge in [-0.3, -0.25) is 4.79 Å². The van der Waals surface area contributed by atoms with Gasteiger partial charge in [0.25, 0.3) is 0 Å². The maximum absolute atomic E-state index is 11.7. The SMILES string of the molecule is Cc1cccc(NCC(=O)NCCc2ccccc2)n1. The quantitative estimate of drug-likeness (QED) is 0.845. The average Bonchev–Trinajstić information content (AvgIpc) is 2.46. The number of nitrogens with zero attached hydrogens (tertiary/aromatic N) is 1. The summed E-state index contributed by atoms with van der Waals surface area (Å²) in [4.78, 5) is 16.0. The van der Waals surface area contributed by atoms with E-state index in [0.717, 1.165) is 17.9 Å². The van der Waals surface area contributed by atoms with Crippen molar-refractivity contribution >= 4 is 11.7 Å². The molecular formula is C16H19N3O.